The number of hydrogen-bond donors (Lipinski definition) is 1. The number of aryl methyl sites for hydroxylation is 1. The van der Waals surface area contributed by atoms with Crippen LogP contribution in [0.25, 0.3) is 0 Å². The topological polar surface area (TPSA) is 81.1 Å². The van der Waals surface area contributed by atoms with Gasteiger partial charge in [0, 0.05) is 13.1 Å². The Balaban J connectivity index is 2.02. The summed E-state index contributed by atoms with van der Waals surface area (Å²) in [7, 11) is -2.93. The number of nitrogens with one attached hydrogen (secondary N) is 1. The maximum Gasteiger partial charge on any atom is 0.256 e. The molecule has 1 aliphatic rings. The zero-order valence-corrected chi connectivity index (χ0v) is 14.7. The van der Waals surface area contributed by atoms with E-state index in [-0.39, 0.29) is 23.3 Å². The molecule has 0 unspecified atom stereocenters. The van der Waals surface area contributed by atoms with Crippen LogP contribution in [0.2, 0.25) is 5.15 Å². The monoisotopic (exact) mass is 347 g/mol. The van der Waals surface area contributed by atoms with Crippen molar-refractivity contribution in [2.45, 2.75) is 33.7 Å². The summed E-state index contributed by atoms with van der Waals surface area (Å²) in [5.74, 6) is 0.420. The van der Waals surface area contributed by atoms with Crippen LogP contribution in [-0.4, -0.2) is 42.2 Å². The standard InChI is InChI=1S/C14H22ClN3O3S/c1-9(2)7-18-13(15)12(10(3)17-18)14(19)16-6-11-4-5-22(20,21)8-11/h9,11H,4-8H2,1-3H3,(H,16,19)/t11-/m1/s1. The van der Waals surface area contributed by atoms with Crippen LogP contribution in [0.1, 0.15) is 36.3 Å². The first-order valence-electron chi connectivity index (χ1n) is 7.41. The van der Waals surface area contributed by atoms with Gasteiger partial charge in [0.15, 0.2) is 9.84 Å². The molecule has 0 aromatic carbocycles. The van der Waals surface area contributed by atoms with E-state index in [0.29, 0.717) is 41.8 Å². The fourth-order valence-electron chi connectivity index (χ4n) is 2.64. The molecule has 124 valence electrons. The quantitative estimate of drug-likeness (QED) is 0.878. The lowest BCUT2D eigenvalue weighted by Crippen LogP contribution is -2.30. The number of rotatable bonds is 5. The van der Waals surface area contributed by atoms with Crippen molar-refractivity contribution in [3.05, 3.63) is 16.4 Å². The largest absolute Gasteiger partial charge is 0.352 e. The summed E-state index contributed by atoms with van der Waals surface area (Å²) < 4.78 is 24.5. The van der Waals surface area contributed by atoms with Crippen LogP contribution in [-0.2, 0) is 16.4 Å². The molecule has 0 spiro atoms. The average molecular weight is 348 g/mol. The van der Waals surface area contributed by atoms with Crippen LogP contribution in [0.4, 0.5) is 0 Å². The Hall–Kier alpha value is -1.08. The van der Waals surface area contributed by atoms with E-state index in [1.807, 2.05) is 13.8 Å². The number of hydrogen-bond acceptors (Lipinski definition) is 4. The molecule has 1 atom stereocenters. The summed E-state index contributed by atoms with van der Waals surface area (Å²) in [6.45, 7) is 6.84. The second kappa shape index (κ2) is 6.58. The van der Waals surface area contributed by atoms with Crippen LogP contribution < -0.4 is 5.32 Å². The van der Waals surface area contributed by atoms with Gasteiger partial charge in [-0.2, -0.15) is 5.10 Å². The fraction of sp³-hybridized carbons (Fsp3) is 0.714. The molecule has 1 aliphatic heterocycles. The Morgan fingerprint density at radius 3 is 2.73 bits per heavy atom. The molecule has 1 fully saturated rings. The van der Waals surface area contributed by atoms with Gasteiger partial charge in [-0.1, -0.05) is 25.4 Å². The average Bonchev–Trinajstić information content (AvgIpc) is 2.87. The Labute approximate surface area is 136 Å². The minimum atomic E-state index is -2.93. The molecule has 1 N–H and O–H groups in total. The van der Waals surface area contributed by atoms with Gasteiger partial charge >= 0.3 is 0 Å². The number of halogens is 1. The number of nitrogens with zero attached hydrogens (tertiary/aromatic N) is 2. The lowest BCUT2D eigenvalue weighted by atomic mass is 10.1. The number of aromatic nitrogens is 2. The second-order valence-corrected chi connectivity index (χ2v) is 8.89. The van der Waals surface area contributed by atoms with Crippen molar-refractivity contribution in [3.8, 4) is 0 Å². The van der Waals surface area contributed by atoms with Crippen molar-refractivity contribution >= 4 is 27.3 Å². The van der Waals surface area contributed by atoms with E-state index < -0.39 is 9.84 Å². The molecule has 8 heteroatoms. The van der Waals surface area contributed by atoms with Crippen LogP contribution in [0.3, 0.4) is 0 Å². The maximum atomic E-state index is 12.3. The lowest BCUT2D eigenvalue weighted by molar-refractivity contribution is 0.0948. The number of sulfone groups is 1. The molecule has 2 heterocycles. The van der Waals surface area contributed by atoms with Crippen LogP contribution in [0.15, 0.2) is 0 Å². The minimum Gasteiger partial charge on any atom is -0.352 e. The summed E-state index contributed by atoms with van der Waals surface area (Å²) in [5, 5.41) is 7.42. The van der Waals surface area contributed by atoms with Gasteiger partial charge in [0.2, 0.25) is 0 Å². The van der Waals surface area contributed by atoms with E-state index in [1.54, 1.807) is 11.6 Å². The van der Waals surface area contributed by atoms with Gasteiger partial charge in [-0.15, -0.1) is 0 Å². The number of carbonyl (C=O) groups is 1. The van der Waals surface area contributed by atoms with E-state index in [0.717, 1.165) is 0 Å². The molecule has 0 bridgehead atoms. The minimum absolute atomic E-state index is 0.0151. The molecule has 0 radical (unpaired) electrons. The Morgan fingerprint density at radius 2 is 2.18 bits per heavy atom. The lowest BCUT2D eigenvalue weighted by Gasteiger charge is -2.10. The van der Waals surface area contributed by atoms with Gasteiger partial charge < -0.3 is 5.32 Å². The smallest absolute Gasteiger partial charge is 0.256 e. The molecule has 2 rings (SSSR count). The molecule has 0 aliphatic carbocycles. The Kier molecular flexibility index (Phi) is 5.17. The predicted octanol–water partition coefficient (Wildman–Crippen LogP) is 1.67. The molecule has 0 saturated carbocycles. The summed E-state index contributed by atoms with van der Waals surface area (Å²) in [6.07, 6.45) is 0.599. The predicted molar refractivity (Wildman–Crippen MR) is 85.9 cm³/mol. The first-order valence-corrected chi connectivity index (χ1v) is 9.61. The maximum absolute atomic E-state index is 12.3. The van der Waals surface area contributed by atoms with Gasteiger partial charge in [0.25, 0.3) is 5.91 Å². The number of carbonyl (C=O) groups excluding carboxylic acids is 1. The van der Waals surface area contributed by atoms with E-state index in [2.05, 4.69) is 10.4 Å². The highest BCUT2D eigenvalue weighted by Gasteiger charge is 2.29. The second-order valence-electron chi connectivity index (χ2n) is 6.31. The first-order chi connectivity index (χ1) is 10.2. The van der Waals surface area contributed by atoms with Crippen LogP contribution in [0, 0.1) is 18.8 Å². The summed E-state index contributed by atoms with van der Waals surface area (Å²) in [5.41, 5.74) is 0.963. The van der Waals surface area contributed by atoms with E-state index in [4.69, 9.17) is 11.6 Å². The molecule has 1 aromatic rings. The molecule has 1 saturated heterocycles. The molecule has 1 aromatic heterocycles. The van der Waals surface area contributed by atoms with E-state index in [1.165, 1.54) is 0 Å². The van der Waals surface area contributed by atoms with Crippen LogP contribution >= 0.6 is 11.6 Å². The van der Waals surface area contributed by atoms with Crippen molar-refractivity contribution in [1.29, 1.82) is 0 Å². The molecule has 6 nitrogen and oxygen atoms in total. The SMILES string of the molecule is Cc1nn(CC(C)C)c(Cl)c1C(=O)NC[C@H]1CCS(=O)(=O)C1. The highest BCUT2D eigenvalue weighted by molar-refractivity contribution is 7.91. The van der Waals surface area contributed by atoms with Crippen molar-refractivity contribution in [2.75, 3.05) is 18.1 Å². The summed E-state index contributed by atoms with van der Waals surface area (Å²) >= 11 is 6.25. The third-order valence-corrected chi connectivity index (χ3v) is 5.93. The zero-order valence-electron chi connectivity index (χ0n) is 13.1. The molecule has 22 heavy (non-hydrogen) atoms. The normalized spacial score (nSPS) is 20.5. The molecular formula is C14H22ClN3O3S. The Bertz CT molecular complexity index is 667. The third kappa shape index (κ3) is 4.01. The molecule has 1 amide bonds. The highest BCUT2D eigenvalue weighted by atomic mass is 35.5. The summed E-state index contributed by atoms with van der Waals surface area (Å²) in [4.78, 5) is 12.3. The number of amides is 1. The van der Waals surface area contributed by atoms with Gasteiger partial charge in [-0.05, 0) is 25.2 Å². The Morgan fingerprint density at radius 1 is 1.50 bits per heavy atom. The third-order valence-electron chi connectivity index (χ3n) is 3.71. The van der Waals surface area contributed by atoms with Gasteiger partial charge in [-0.25, -0.2) is 8.42 Å². The first kappa shape index (κ1) is 17.3. The van der Waals surface area contributed by atoms with Crippen molar-refractivity contribution in [1.82, 2.24) is 15.1 Å². The zero-order chi connectivity index (χ0) is 16.5. The van der Waals surface area contributed by atoms with Crippen molar-refractivity contribution in [3.63, 3.8) is 0 Å². The van der Waals surface area contributed by atoms with Crippen molar-refractivity contribution < 1.29 is 13.2 Å². The van der Waals surface area contributed by atoms with Gasteiger partial charge in [0.1, 0.15) is 5.15 Å². The van der Waals surface area contributed by atoms with Gasteiger partial charge in [0.05, 0.1) is 22.8 Å². The van der Waals surface area contributed by atoms with E-state index in [9.17, 15) is 13.2 Å². The molecular weight excluding hydrogens is 326 g/mol. The van der Waals surface area contributed by atoms with Gasteiger partial charge in [-0.3, -0.25) is 9.48 Å². The van der Waals surface area contributed by atoms with Crippen LogP contribution in [0.5, 0.6) is 0 Å². The van der Waals surface area contributed by atoms with Crippen molar-refractivity contribution in [2.24, 2.45) is 11.8 Å². The van der Waals surface area contributed by atoms with E-state index >= 15 is 0 Å². The highest BCUT2D eigenvalue weighted by Crippen LogP contribution is 2.22. The summed E-state index contributed by atoms with van der Waals surface area (Å²) in [6, 6.07) is 0. The fourth-order valence-corrected chi connectivity index (χ4v) is 4.83.